The predicted molar refractivity (Wildman–Crippen MR) is 50.5 cm³/mol. The van der Waals surface area contributed by atoms with Crippen molar-refractivity contribution in [1.29, 1.82) is 0 Å². The molecule has 5 heteroatoms. The Balaban J connectivity index is 2.48. The van der Waals surface area contributed by atoms with Crippen LogP contribution in [0.1, 0.15) is 12.0 Å². The summed E-state index contributed by atoms with van der Waals surface area (Å²) in [6.07, 6.45) is 3.91. The Labute approximate surface area is 76.7 Å². The van der Waals surface area contributed by atoms with Crippen molar-refractivity contribution in [3.8, 4) is 0 Å². The van der Waals surface area contributed by atoms with Crippen molar-refractivity contribution in [3.05, 3.63) is 11.8 Å². The number of carbonyl (C=O) groups is 1. The van der Waals surface area contributed by atoms with Gasteiger partial charge in [-0.2, -0.15) is 5.10 Å². The van der Waals surface area contributed by atoms with Crippen LogP contribution in [-0.2, 0) is 11.2 Å². The molecule has 0 fully saturated rings. The van der Waals surface area contributed by atoms with E-state index in [4.69, 9.17) is 5.73 Å². The highest BCUT2D eigenvalue weighted by molar-refractivity contribution is 5.57. The first kappa shape index (κ1) is 9.73. The molecule has 0 aliphatic rings. The van der Waals surface area contributed by atoms with Gasteiger partial charge in [0, 0.05) is 12.6 Å². The lowest BCUT2D eigenvalue weighted by Gasteiger charge is -2.03. The molecule has 0 aromatic carbocycles. The zero-order chi connectivity index (χ0) is 9.68. The van der Waals surface area contributed by atoms with Crippen LogP contribution in [0.25, 0.3) is 0 Å². The Morgan fingerprint density at radius 3 is 3.23 bits per heavy atom. The van der Waals surface area contributed by atoms with E-state index in [2.05, 4.69) is 15.5 Å². The number of nitrogens with zero attached hydrogens (tertiary/aromatic N) is 1. The molecule has 5 nitrogen and oxygen atoms in total. The molecule has 13 heavy (non-hydrogen) atoms. The number of nitrogens with two attached hydrogens (primary N) is 1. The molecule has 1 unspecified atom stereocenters. The third-order valence-electron chi connectivity index (χ3n) is 1.89. The lowest BCUT2D eigenvalue weighted by Crippen LogP contribution is -2.21. The molecule has 0 amide bonds. The van der Waals surface area contributed by atoms with Crippen LogP contribution in [-0.4, -0.2) is 29.6 Å². The number of H-pyrrole nitrogens is 1. The van der Waals surface area contributed by atoms with Crippen molar-refractivity contribution in [2.24, 2.45) is 5.73 Å². The summed E-state index contributed by atoms with van der Waals surface area (Å²) >= 11 is 0. The van der Waals surface area contributed by atoms with Gasteiger partial charge in [-0.25, -0.2) is 0 Å². The summed E-state index contributed by atoms with van der Waals surface area (Å²) in [4.78, 5) is 10.3. The fourth-order valence-electron chi connectivity index (χ4n) is 1.11. The first-order valence-corrected chi connectivity index (χ1v) is 4.18. The van der Waals surface area contributed by atoms with Crippen LogP contribution in [0.4, 0.5) is 5.82 Å². The molecule has 0 bridgehead atoms. The number of aryl methyl sites for hydroxylation is 1. The maximum atomic E-state index is 10.3. The molecule has 1 aromatic heterocycles. The molecule has 4 N–H and O–H groups in total. The summed E-state index contributed by atoms with van der Waals surface area (Å²) in [5.74, 6) is 0.887. The molecular weight excluding hydrogens is 168 g/mol. The normalized spacial score (nSPS) is 12.5. The van der Waals surface area contributed by atoms with Gasteiger partial charge >= 0.3 is 0 Å². The lowest BCUT2D eigenvalue weighted by atomic mass is 10.1. The monoisotopic (exact) mass is 182 g/mol. The number of nitrogens with one attached hydrogen (secondary N) is 2. The summed E-state index contributed by atoms with van der Waals surface area (Å²) in [7, 11) is 1.82. The molecule has 0 aliphatic heterocycles. The number of aromatic amines is 1. The second kappa shape index (κ2) is 4.61. The highest BCUT2D eigenvalue weighted by atomic mass is 16.1. The fourth-order valence-corrected chi connectivity index (χ4v) is 1.11. The summed E-state index contributed by atoms with van der Waals surface area (Å²) in [5.41, 5.74) is 6.52. The fraction of sp³-hybridized carbons (Fsp3) is 0.500. The molecular formula is C8H14N4O. The minimum Gasteiger partial charge on any atom is -0.373 e. The van der Waals surface area contributed by atoms with Crippen molar-refractivity contribution in [3.63, 3.8) is 0 Å². The Morgan fingerprint density at radius 2 is 2.62 bits per heavy atom. The van der Waals surface area contributed by atoms with Crippen LogP contribution in [0.3, 0.4) is 0 Å². The number of aromatic nitrogens is 2. The van der Waals surface area contributed by atoms with Crippen molar-refractivity contribution in [1.82, 2.24) is 10.2 Å². The minimum absolute atomic E-state index is 0.375. The summed E-state index contributed by atoms with van der Waals surface area (Å²) in [5, 5.41) is 9.66. The summed E-state index contributed by atoms with van der Waals surface area (Å²) < 4.78 is 0. The molecule has 1 atom stereocenters. The van der Waals surface area contributed by atoms with Crippen LogP contribution in [0, 0.1) is 0 Å². The smallest absolute Gasteiger partial charge is 0.136 e. The first-order valence-electron chi connectivity index (χ1n) is 4.18. The predicted octanol–water partition coefficient (Wildman–Crippen LogP) is -0.0898. The average Bonchev–Trinajstić information content (AvgIpc) is 2.61. The number of anilines is 1. The number of hydrogen-bond acceptors (Lipinski definition) is 4. The van der Waals surface area contributed by atoms with Gasteiger partial charge < -0.3 is 15.8 Å². The Kier molecular flexibility index (Phi) is 3.45. The first-order chi connectivity index (χ1) is 6.27. The molecule has 1 heterocycles. The number of hydrogen-bond donors (Lipinski definition) is 3. The van der Waals surface area contributed by atoms with Crippen LogP contribution in [0.15, 0.2) is 6.20 Å². The number of rotatable bonds is 5. The van der Waals surface area contributed by atoms with E-state index in [-0.39, 0.29) is 6.04 Å². The van der Waals surface area contributed by atoms with Gasteiger partial charge in [0.05, 0.1) is 12.2 Å². The van der Waals surface area contributed by atoms with E-state index in [1.807, 2.05) is 7.05 Å². The number of aldehydes is 1. The van der Waals surface area contributed by atoms with Gasteiger partial charge in [-0.3, -0.25) is 5.10 Å². The lowest BCUT2D eigenvalue weighted by molar-refractivity contribution is -0.109. The van der Waals surface area contributed by atoms with E-state index in [1.165, 1.54) is 0 Å². The summed E-state index contributed by atoms with van der Waals surface area (Å²) in [6, 6.07) is -0.375. The van der Waals surface area contributed by atoms with Gasteiger partial charge in [0.15, 0.2) is 0 Å². The molecule has 0 spiro atoms. The van der Waals surface area contributed by atoms with Crippen LogP contribution in [0.2, 0.25) is 0 Å². The Morgan fingerprint density at radius 1 is 1.85 bits per heavy atom. The Bertz CT molecular complexity index is 271. The molecule has 0 saturated heterocycles. The van der Waals surface area contributed by atoms with Crippen LogP contribution < -0.4 is 11.1 Å². The standard InChI is InChI=1S/C8H14N4O/c1-10-8-6(4-11-12-8)2-3-7(9)5-13/h4-5,7H,2-3,9H2,1H3,(H2,10,11,12). The van der Waals surface area contributed by atoms with E-state index in [0.717, 1.165) is 24.1 Å². The van der Waals surface area contributed by atoms with Crippen LogP contribution in [0.5, 0.6) is 0 Å². The van der Waals surface area contributed by atoms with Crippen molar-refractivity contribution < 1.29 is 4.79 Å². The average molecular weight is 182 g/mol. The highest BCUT2D eigenvalue weighted by Crippen LogP contribution is 2.12. The summed E-state index contributed by atoms with van der Waals surface area (Å²) in [6.45, 7) is 0. The minimum atomic E-state index is -0.375. The maximum Gasteiger partial charge on any atom is 0.136 e. The molecule has 0 aliphatic carbocycles. The molecule has 1 aromatic rings. The third kappa shape index (κ3) is 2.55. The van der Waals surface area contributed by atoms with Crippen LogP contribution >= 0.6 is 0 Å². The largest absolute Gasteiger partial charge is 0.373 e. The van der Waals surface area contributed by atoms with E-state index in [9.17, 15) is 4.79 Å². The maximum absolute atomic E-state index is 10.3. The van der Waals surface area contributed by atoms with E-state index < -0.39 is 0 Å². The van der Waals surface area contributed by atoms with Crippen molar-refractivity contribution in [2.45, 2.75) is 18.9 Å². The number of carbonyl (C=O) groups excluding carboxylic acids is 1. The molecule has 0 radical (unpaired) electrons. The zero-order valence-corrected chi connectivity index (χ0v) is 7.58. The second-order valence-electron chi connectivity index (χ2n) is 2.86. The van der Waals surface area contributed by atoms with Gasteiger partial charge in [0.1, 0.15) is 12.1 Å². The van der Waals surface area contributed by atoms with Gasteiger partial charge in [-0.1, -0.05) is 0 Å². The van der Waals surface area contributed by atoms with E-state index >= 15 is 0 Å². The second-order valence-corrected chi connectivity index (χ2v) is 2.86. The SMILES string of the molecule is CNc1[nH]ncc1CCC(N)C=O. The molecule has 72 valence electrons. The highest BCUT2D eigenvalue weighted by Gasteiger charge is 2.05. The van der Waals surface area contributed by atoms with Gasteiger partial charge in [0.2, 0.25) is 0 Å². The third-order valence-corrected chi connectivity index (χ3v) is 1.89. The quantitative estimate of drug-likeness (QED) is 0.556. The molecule has 0 saturated carbocycles. The topological polar surface area (TPSA) is 83.8 Å². The van der Waals surface area contributed by atoms with E-state index in [1.54, 1.807) is 6.20 Å². The zero-order valence-electron chi connectivity index (χ0n) is 7.58. The molecule has 1 rings (SSSR count). The van der Waals surface area contributed by atoms with Crippen molar-refractivity contribution in [2.75, 3.05) is 12.4 Å². The van der Waals surface area contributed by atoms with E-state index in [0.29, 0.717) is 6.42 Å². The van der Waals surface area contributed by atoms with Gasteiger partial charge in [0.25, 0.3) is 0 Å². The van der Waals surface area contributed by atoms with Crippen molar-refractivity contribution >= 4 is 12.1 Å². The van der Waals surface area contributed by atoms with Gasteiger partial charge in [-0.05, 0) is 12.8 Å². The Hall–Kier alpha value is -1.36. The van der Waals surface area contributed by atoms with Gasteiger partial charge in [-0.15, -0.1) is 0 Å².